The number of rotatable bonds is 4. The molecule has 1 aromatic heterocycles. The average Bonchev–Trinajstić information content (AvgIpc) is 3.19. The summed E-state index contributed by atoms with van der Waals surface area (Å²) in [7, 11) is 0. The fraction of sp³-hybridized carbons (Fsp3) is 0.138. The van der Waals surface area contributed by atoms with Crippen LogP contribution in [0.3, 0.4) is 0 Å². The van der Waals surface area contributed by atoms with Gasteiger partial charge in [-0.1, -0.05) is 68.4 Å². The maximum Gasteiger partial charge on any atom is 0.201 e. The Morgan fingerprint density at radius 2 is 1.85 bits per heavy atom. The minimum absolute atomic E-state index is 0.00697. The highest BCUT2D eigenvalue weighted by Crippen LogP contribution is 2.43. The lowest BCUT2D eigenvalue weighted by atomic mass is 9.72. The second-order valence-electron chi connectivity index (χ2n) is 9.13. The highest BCUT2D eigenvalue weighted by atomic mass is 35.5. The van der Waals surface area contributed by atoms with Crippen molar-refractivity contribution in [2.24, 2.45) is 0 Å². The number of Topliss-reactive ketones (excluding diaryl/α,β-unsaturated/α-hetero) is 1. The van der Waals surface area contributed by atoms with Crippen LogP contribution < -0.4 is 0 Å². The van der Waals surface area contributed by atoms with Crippen LogP contribution in [0.4, 0.5) is 0 Å². The van der Waals surface area contributed by atoms with Gasteiger partial charge in [0.1, 0.15) is 5.76 Å². The van der Waals surface area contributed by atoms with Gasteiger partial charge in [-0.25, -0.2) is 0 Å². The van der Waals surface area contributed by atoms with Crippen molar-refractivity contribution in [2.45, 2.75) is 26.2 Å². The highest BCUT2D eigenvalue weighted by Gasteiger charge is 2.37. The molecule has 0 amide bonds. The number of allylic oxidation sites excluding steroid dienone is 4. The van der Waals surface area contributed by atoms with Crippen molar-refractivity contribution in [3.63, 3.8) is 0 Å². The Balaban J connectivity index is 1.56. The lowest BCUT2D eigenvalue weighted by Gasteiger charge is -2.31. The van der Waals surface area contributed by atoms with Gasteiger partial charge in [-0.3, -0.25) is 4.79 Å². The van der Waals surface area contributed by atoms with Crippen LogP contribution in [0.5, 0.6) is 0 Å². The number of aliphatic hydroxyl groups excluding tert-OH is 1. The number of H-pyrrole nitrogens is 1. The molecule has 0 bridgehead atoms. The largest absolute Gasteiger partial charge is 0.506 e. The first-order valence-electron chi connectivity index (χ1n) is 10.9. The van der Waals surface area contributed by atoms with Crippen LogP contribution in [-0.4, -0.2) is 15.9 Å². The number of hydrogen-bond donors (Lipinski definition) is 2. The minimum atomic E-state index is -0.442. The third-order valence-electron chi connectivity index (χ3n) is 6.76. The van der Waals surface area contributed by atoms with Crippen molar-refractivity contribution in [3.05, 3.63) is 112 Å². The summed E-state index contributed by atoms with van der Waals surface area (Å²) in [6.45, 7) is 10.6. The van der Waals surface area contributed by atoms with Crippen molar-refractivity contribution in [1.82, 2.24) is 4.98 Å². The highest BCUT2D eigenvalue weighted by molar-refractivity contribution is 6.40. The van der Waals surface area contributed by atoms with Gasteiger partial charge in [-0.15, -0.1) is 0 Å². The van der Waals surface area contributed by atoms with Crippen molar-refractivity contribution in [1.29, 1.82) is 0 Å². The van der Waals surface area contributed by atoms with E-state index < -0.39 is 5.41 Å². The van der Waals surface area contributed by atoms with Gasteiger partial charge in [-0.2, -0.15) is 0 Å². The molecule has 0 atom stereocenters. The molecule has 3 aromatic carbocycles. The summed E-state index contributed by atoms with van der Waals surface area (Å²) in [5.41, 5.74) is 4.76. The van der Waals surface area contributed by atoms with Gasteiger partial charge >= 0.3 is 0 Å². The molecular formula is C29H24ClNO2. The van der Waals surface area contributed by atoms with Gasteiger partial charge in [0.15, 0.2) is 0 Å². The molecule has 5 rings (SSSR count). The van der Waals surface area contributed by atoms with Crippen molar-refractivity contribution in [2.75, 3.05) is 0 Å². The van der Waals surface area contributed by atoms with E-state index in [1.807, 2.05) is 18.2 Å². The first-order chi connectivity index (χ1) is 15.7. The van der Waals surface area contributed by atoms with Gasteiger partial charge in [0.2, 0.25) is 5.78 Å². The molecule has 0 saturated heterocycles. The predicted molar refractivity (Wildman–Crippen MR) is 137 cm³/mol. The minimum Gasteiger partial charge on any atom is -0.506 e. The standard InChI is InChI=1S/C29H24ClNO2/c1-16-9-10-18-7-5-6-8-20(18)26(16)29(3,4)17(2)13-22-27(32)25(28(22)33)23-15-31-24-12-11-19(30)14-21(23)24/h5-15,31-32H,2H2,1,3-4H3/b22-13+. The zero-order chi connectivity index (χ0) is 23.5. The lowest BCUT2D eigenvalue weighted by Crippen LogP contribution is -2.25. The number of hydrogen-bond acceptors (Lipinski definition) is 2. The number of aromatic amines is 1. The Kier molecular flexibility index (Phi) is 4.84. The van der Waals surface area contributed by atoms with Gasteiger partial charge in [0, 0.05) is 33.1 Å². The van der Waals surface area contributed by atoms with E-state index in [-0.39, 0.29) is 17.1 Å². The van der Waals surface area contributed by atoms with E-state index in [9.17, 15) is 9.90 Å². The van der Waals surface area contributed by atoms with Crippen LogP contribution in [0.1, 0.15) is 30.5 Å². The molecule has 164 valence electrons. The van der Waals surface area contributed by atoms with Gasteiger partial charge < -0.3 is 10.1 Å². The summed E-state index contributed by atoms with van der Waals surface area (Å²) in [4.78, 5) is 16.2. The molecular weight excluding hydrogens is 430 g/mol. The van der Waals surface area contributed by atoms with E-state index >= 15 is 0 Å². The molecule has 0 radical (unpaired) electrons. The van der Waals surface area contributed by atoms with E-state index in [2.05, 4.69) is 56.6 Å². The number of aliphatic hydroxyl groups is 1. The summed E-state index contributed by atoms with van der Waals surface area (Å²) in [5.74, 6) is -0.201. The first kappa shape index (κ1) is 21.3. The number of benzene rings is 3. The summed E-state index contributed by atoms with van der Waals surface area (Å²) >= 11 is 6.15. The molecule has 0 fully saturated rings. The number of aromatic nitrogens is 1. The number of carbonyl (C=O) groups excluding carboxylic acids is 1. The van der Waals surface area contributed by atoms with Crippen LogP contribution in [0.2, 0.25) is 5.02 Å². The van der Waals surface area contributed by atoms with Crippen molar-refractivity contribution >= 4 is 44.6 Å². The predicted octanol–water partition coefficient (Wildman–Crippen LogP) is 7.60. The van der Waals surface area contributed by atoms with Crippen LogP contribution in [0.25, 0.3) is 27.2 Å². The number of nitrogens with one attached hydrogen (secondary N) is 1. The molecule has 0 unspecified atom stereocenters. The number of ketones is 1. The van der Waals surface area contributed by atoms with Gasteiger partial charge in [0.05, 0.1) is 11.1 Å². The third kappa shape index (κ3) is 3.23. The smallest absolute Gasteiger partial charge is 0.201 e. The van der Waals surface area contributed by atoms with Crippen molar-refractivity contribution < 1.29 is 9.90 Å². The van der Waals surface area contributed by atoms with Crippen LogP contribution in [0.15, 0.2) is 90.4 Å². The Hall–Kier alpha value is -3.56. The number of halogens is 1. The second-order valence-corrected chi connectivity index (χ2v) is 9.57. The normalized spacial score (nSPS) is 15.5. The lowest BCUT2D eigenvalue weighted by molar-refractivity contribution is -0.111. The molecule has 3 nitrogen and oxygen atoms in total. The molecule has 4 heteroatoms. The average molecular weight is 454 g/mol. The van der Waals surface area contributed by atoms with E-state index in [1.54, 1.807) is 24.4 Å². The number of carbonyl (C=O) groups is 1. The SMILES string of the molecule is C=C(/C=C1/C(=O)C(c2c[nH]c3ccc(Cl)cc23)=C1O)C(C)(C)c1c(C)ccc2ccccc12. The van der Waals surface area contributed by atoms with Crippen LogP contribution in [0, 0.1) is 6.92 Å². The van der Waals surface area contributed by atoms with E-state index in [1.165, 1.54) is 5.56 Å². The Morgan fingerprint density at radius 3 is 2.61 bits per heavy atom. The van der Waals surface area contributed by atoms with Gasteiger partial charge in [0.25, 0.3) is 0 Å². The van der Waals surface area contributed by atoms with Gasteiger partial charge in [-0.05, 0) is 58.7 Å². The quantitative estimate of drug-likeness (QED) is 0.312. The molecule has 0 saturated carbocycles. The Labute approximate surface area is 197 Å². The second kappa shape index (κ2) is 7.50. The fourth-order valence-electron chi connectivity index (χ4n) is 4.83. The number of fused-ring (bicyclic) bond motifs is 2. The zero-order valence-electron chi connectivity index (χ0n) is 18.8. The summed E-state index contributed by atoms with van der Waals surface area (Å²) in [5, 5.41) is 14.6. The molecule has 4 aromatic rings. The van der Waals surface area contributed by atoms with E-state index in [0.29, 0.717) is 16.2 Å². The van der Waals surface area contributed by atoms with Crippen molar-refractivity contribution in [3.8, 4) is 0 Å². The first-order valence-corrected chi connectivity index (χ1v) is 11.2. The topological polar surface area (TPSA) is 53.1 Å². The molecule has 2 N–H and O–H groups in total. The van der Waals surface area contributed by atoms with E-state index in [4.69, 9.17) is 11.6 Å². The molecule has 1 aliphatic carbocycles. The third-order valence-corrected chi connectivity index (χ3v) is 7.00. The maximum atomic E-state index is 13.1. The molecule has 1 aliphatic rings. The summed E-state index contributed by atoms with van der Waals surface area (Å²) in [6, 6.07) is 18.0. The number of aryl methyl sites for hydroxylation is 1. The molecule has 1 heterocycles. The summed E-state index contributed by atoms with van der Waals surface area (Å²) in [6.07, 6.45) is 3.46. The molecule has 33 heavy (non-hydrogen) atoms. The van der Waals surface area contributed by atoms with Crippen LogP contribution >= 0.6 is 11.6 Å². The Bertz CT molecular complexity index is 1550. The molecule has 0 spiro atoms. The molecule has 0 aliphatic heterocycles. The zero-order valence-corrected chi connectivity index (χ0v) is 19.5. The summed E-state index contributed by atoms with van der Waals surface area (Å²) < 4.78 is 0. The fourth-order valence-corrected chi connectivity index (χ4v) is 5.00. The van der Waals surface area contributed by atoms with Crippen LogP contribution in [-0.2, 0) is 10.2 Å². The maximum absolute atomic E-state index is 13.1. The van der Waals surface area contributed by atoms with E-state index in [0.717, 1.165) is 32.8 Å². The Morgan fingerprint density at radius 1 is 1.09 bits per heavy atom. The monoisotopic (exact) mass is 453 g/mol.